The van der Waals surface area contributed by atoms with E-state index < -0.39 is 0 Å². The van der Waals surface area contributed by atoms with Crippen molar-refractivity contribution in [3.8, 4) is 0 Å². The van der Waals surface area contributed by atoms with Crippen molar-refractivity contribution in [3.63, 3.8) is 0 Å². The van der Waals surface area contributed by atoms with Gasteiger partial charge in [-0.2, -0.15) is 0 Å². The van der Waals surface area contributed by atoms with Gasteiger partial charge in [0.25, 0.3) is 0 Å². The van der Waals surface area contributed by atoms with E-state index in [2.05, 4.69) is 27.4 Å². The summed E-state index contributed by atoms with van der Waals surface area (Å²) in [5.74, 6) is 2.71. The molecule has 3 atom stereocenters. The lowest BCUT2D eigenvalue weighted by molar-refractivity contribution is 0.255. The van der Waals surface area contributed by atoms with Gasteiger partial charge in [0.05, 0.1) is 0 Å². The zero-order chi connectivity index (χ0) is 8.22. The highest BCUT2D eigenvalue weighted by Gasteiger charge is 2.50. The van der Waals surface area contributed by atoms with Crippen molar-refractivity contribution in [1.82, 2.24) is 0 Å². The second kappa shape index (κ2) is 1.91. The van der Waals surface area contributed by atoms with Gasteiger partial charge >= 0.3 is 0 Å². The Morgan fingerprint density at radius 3 is 2.36 bits per heavy atom. The van der Waals surface area contributed by atoms with Crippen LogP contribution in [-0.4, -0.2) is 0 Å². The Balaban J connectivity index is 2.32. The van der Waals surface area contributed by atoms with Crippen LogP contribution in [0.15, 0.2) is 12.2 Å². The van der Waals surface area contributed by atoms with Gasteiger partial charge in [0.2, 0.25) is 0 Å². The third-order valence-corrected chi connectivity index (χ3v) is 4.18. The van der Waals surface area contributed by atoms with Gasteiger partial charge in [0, 0.05) is 0 Å². The topological polar surface area (TPSA) is 0 Å². The van der Waals surface area contributed by atoms with Crippen LogP contribution in [0.25, 0.3) is 0 Å². The molecule has 0 heterocycles. The van der Waals surface area contributed by atoms with E-state index in [0.717, 1.165) is 17.8 Å². The van der Waals surface area contributed by atoms with E-state index in [0.29, 0.717) is 5.41 Å². The van der Waals surface area contributed by atoms with E-state index in [4.69, 9.17) is 0 Å². The van der Waals surface area contributed by atoms with Crippen LogP contribution in [0, 0.1) is 23.2 Å². The molecular weight excluding hydrogens is 132 g/mol. The predicted molar refractivity (Wildman–Crippen MR) is 48.3 cm³/mol. The summed E-state index contributed by atoms with van der Waals surface area (Å²) in [7, 11) is 0. The summed E-state index contributed by atoms with van der Waals surface area (Å²) < 4.78 is 0. The zero-order valence-corrected chi connectivity index (χ0v) is 7.85. The number of hydrogen-bond donors (Lipinski definition) is 0. The quantitative estimate of drug-likeness (QED) is 0.465. The summed E-state index contributed by atoms with van der Waals surface area (Å²) in [4.78, 5) is 0. The lowest BCUT2D eigenvalue weighted by Crippen LogP contribution is -2.25. The van der Waals surface area contributed by atoms with Gasteiger partial charge in [-0.1, -0.05) is 32.9 Å². The van der Waals surface area contributed by atoms with Crippen molar-refractivity contribution in [2.45, 2.75) is 33.6 Å². The molecule has 0 aromatic heterocycles. The normalized spacial score (nSPS) is 46.8. The number of fused-ring (bicyclic) bond motifs is 2. The maximum atomic E-state index is 4.24. The Morgan fingerprint density at radius 2 is 2.00 bits per heavy atom. The van der Waals surface area contributed by atoms with Crippen molar-refractivity contribution in [3.05, 3.63) is 12.2 Å². The molecule has 0 aliphatic heterocycles. The smallest absolute Gasteiger partial charge is 0.0116 e. The fourth-order valence-electron chi connectivity index (χ4n) is 3.06. The molecule has 2 aliphatic rings. The molecule has 0 aromatic carbocycles. The summed E-state index contributed by atoms with van der Waals surface area (Å²) in [6, 6.07) is 0. The molecule has 0 N–H and O–H groups in total. The lowest BCUT2D eigenvalue weighted by atomic mass is 9.70. The minimum absolute atomic E-state index is 0.456. The number of hydrogen-bond acceptors (Lipinski definition) is 0. The van der Waals surface area contributed by atoms with E-state index in [-0.39, 0.29) is 0 Å². The third kappa shape index (κ3) is 0.758. The highest BCUT2D eigenvalue weighted by Crippen LogP contribution is 2.60. The first-order chi connectivity index (χ1) is 5.03. The number of rotatable bonds is 0. The van der Waals surface area contributed by atoms with E-state index in [1.807, 2.05) is 0 Å². The standard InChI is InChI=1S/C11H18/c1-7-5-9-6-10(7)8(2)11(9,3)4/h7,9-10H,2,5-6H2,1,3-4H3. The van der Waals surface area contributed by atoms with E-state index in [1.54, 1.807) is 0 Å². The van der Waals surface area contributed by atoms with Gasteiger partial charge in [-0.25, -0.2) is 0 Å². The Labute approximate surface area is 69.7 Å². The van der Waals surface area contributed by atoms with E-state index >= 15 is 0 Å². The lowest BCUT2D eigenvalue weighted by Gasteiger charge is -2.34. The maximum absolute atomic E-state index is 4.24. The fourth-order valence-corrected chi connectivity index (χ4v) is 3.06. The Hall–Kier alpha value is -0.260. The van der Waals surface area contributed by atoms with Gasteiger partial charge in [-0.05, 0) is 36.0 Å². The molecule has 0 nitrogen and oxygen atoms in total. The first-order valence-electron chi connectivity index (χ1n) is 4.72. The summed E-state index contributed by atoms with van der Waals surface area (Å²) in [5.41, 5.74) is 1.98. The van der Waals surface area contributed by atoms with Crippen LogP contribution in [0.4, 0.5) is 0 Å². The Kier molecular flexibility index (Phi) is 1.28. The third-order valence-electron chi connectivity index (χ3n) is 4.18. The summed E-state index contributed by atoms with van der Waals surface area (Å²) in [6.45, 7) is 11.4. The molecule has 62 valence electrons. The predicted octanol–water partition coefficient (Wildman–Crippen LogP) is 3.24. The van der Waals surface area contributed by atoms with Crippen molar-refractivity contribution < 1.29 is 0 Å². The summed E-state index contributed by atoms with van der Waals surface area (Å²) >= 11 is 0. The van der Waals surface area contributed by atoms with Crippen LogP contribution < -0.4 is 0 Å². The second-order valence-electron chi connectivity index (χ2n) is 5.00. The fraction of sp³-hybridized carbons (Fsp3) is 0.818. The molecule has 0 saturated heterocycles. The van der Waals surface area contributed by atoms with Crippen molar-refractivity contribution in [2.75, 3.05) is 0 Å². The largest absolute Gasteiger partial charge is 0.0990 e. The average Bonchev–Trinajstić information content (AvgIpc) is 2.36. The zero-order valence-electron chi connectivity index (χ0n) is 7.85. The summed E-state index contributed by atoms with van der Waals surface area (Å²) in [5, 5.41) is 0. The van der Waals surface area contributed by atoms with E-state index in [9.17, 15) is 0 Å². The highest BCUT2D eigenvalue weighted by atomic mass is 14.6. The highest BCUT2D eigenvalue weighted by molar-refractivity contribution is 5.24. The molecule has 2 bridgehead atoms. The molecule has 0 spiro atoms. The van der Waals surface area contributed by atoms with Crippen LogP contribution in [0.1, 0.15) is 33.6 Å². The molecule has 11 heavy (non-hydrogen) atoms. The minimum atomic E-state index is 0.456. The second-order valence-corrected chi connectivity index (χ2v) is 5.00. The van der Waals surface area contributed by atoms with Crippen LogP contribution in [0.5, 0.6) is 0 Å². The van der Waals surface area contributed by atoms with E-state index in [1.165, 1.54) is 18.4 Å². The SMILES string of the molecule is C=C1C2CC(CC2C)C1(C)C. The van der Waals surface area contributed by atoms with Gasteiger partial charge < -0.3 is 0 Å². The van der Waals surface area contributed by atoms with Crippen molar-refractivity contribution in [2.24, 2.45) is 23.2 Å². The molecule has 2 saturated carbocycles. The molecule has 0 aromatic rings. The van der Waals surface area contributed by atoms with Gasteiger partial charge in [-0.3, -0.25) is 0 Å². The van der Waals surface area contributed by atoms with Crippen LogP contribution in [0.3, 0.4) is 0 Å². The van der Waals surface area contributed by atoms with Crippen molar-refractivity contribution in [1.29, 1.82) is 0 Å². The average molecular weight is 150 g/mol. The van der Waals surface area contributed by atoms with Crippen LogP contribution in [0.2, 0.25) is 0 Å². The monoisotopic (exact) mass is 150 g/mol. The molecule has 2 rings (SSSR count). The van der Waals surface area contributed by atoms with Crippen molar-refractivity contribution >= 4 is 0 Å². The van der Waals surface area contributed by atoms with Gasteiger partial charge in [-0.15, -0.1) is 0 Å². The van der Waals surface area contributed by atoms with Gasteiger partial charge in [0.1, 0.15) is 0 Å². The molecule has 0 amide bonds. The minimum Gasteiger partial charge on any atom is -0.0990 e. The molecule has 3 unspecified atom stereocenters. The number of allylic oxidation sites excluding steroid dienone is 1. The first-order valence-corrected chi connectivity index (χ1v) is 4.72. The Bertz CT molecular complexity index is 200. The van der Waals surface area contributed by atoms with Gasteiger partial charge in [0.15, 0.2) is 0 Å². The molecule has 0 radical (unpaired) electrons. The molecule has 2 fully saturated rings. The summed E-state index contributed by atoms with van der Waals surface area (Å²) in [6.07, 6.45) is 2.86. The molecule has 0 heteroatoms. The molecule has 2 aliphatic carbocycles. The first kappa shape index (κ1) is 7.39. The Morgan fingerprint density at radius 1 is 1.36 bits per heavy atom. The van der Waals surface area contributed by atoms with Crippen LogP contribution in [-0.2, 0) is 0 Å². The maximum Gasteiger partial charge on any atom is -0.0116 e. The molecular formula is C11H18. The van der Waals surface area contributed by atoms with Crippen LogP contribution >= 0.6 is 0 Å².